The molecule has 3 rings (SSSR count). The van der Waals surface area contributed by atoms with Crippen LogP contribution >= 0.6 is 0 Å². The van der Waals surface area contributed by atoms with Crippen LogP contribution in [0.2, 0.25) is 0 Å². The van der Waals surface area contributed by atoms with Crippen LogP contribution in [0.25, 0.3) is 21.9 Å². The van der Waals surface area contributed by atoms with Crippen LogP contribution < -0.4 is 11.2 Å². The quantitative estimate of drug-likeness (QED) is 0.450. The molecule has 0 fully saturated rings. The molecule has 17 heavy (non-hydrogen) atoms. The Hall–Kier alpha value is -2.56. The maximum atomic E-state index is 11.2. The Balaban J connectivity index is 2.64. The molecule has 0 aliphatic carbocycles. The largest absolute Gasteiger partial charge is 0.507 e. The van der Waals surface area contributed by atoms with Gasteiger partial charge >= 0.3 is 5.63 Å². The van der Waals surface area contributed by atoms with Gasteiger partial charge in [0, 0.05) is 17.5 Å². The van der Waals surface area contributed by atoms with E-state index < -0.39 is 5.63 Å². The summed E-state index contributed by atoms with van der Waals surface area (Å²) in [6.45, 7) is 0. The zero-order chi connectivity index (χ0) is 12.0. The van der Waals surface area contributed by atoms with E-state index in [0.29, 0.717) is 21.9 Å². The molecule has 0 radical (unpaired) electrons. The van der Waals surface area contributed by atoms with Crippen molar-refractivity contribution in [3.63, 3.8) is 0 Å². The van der Waals surface area contributed by atoms with Gasteiger partial charge in [0.15, 0.2) is 0 Å². The smallest absolute Gasteiger partial charge is 0.336 e. The fraction of sp³-hybridized carbons (Fsp3) is 0. The zero-order valence-electron chi connectivity index (χ0n) is 8.56. The normalized spacial score (nSPS) is 11.1. The molecule has 2 heterocycles. The van der Waals surface area contributed by atoms with Crippen molar-refractivity contribution < 1.29 is 9.52 Å². The molecule has 0 saturated heterocycles. The SMILES string of the molecule is O=c1cc(O)c2c(ccc3oc(=O)ccc32)[nH]1. The van der Waals surface area contributed by atoms with E-state index in [1.54, 1.807) is 18.2 Å². The lowest BCUT2D eigenvalue weighted by Crippen LogP contribution is -2.03. The Bertz CT molecular complexity index is 844. The number of hydrogen-bond donors (Lipinski definition) is 2. The summed E-state index contributed by atoms with van der Waals surface area (Å²) in [5, 5.41) is 10.8. The molecule has 5 nitrogen and oxygen atoms in total. The molecule has 1 aromatic carbocycles. The second kappa shape index (κ2) is 3.21. The molecule has 0 amide bonds. The average Bonchev–Trinajstić information content (AvgIpc) is 2.28. The predicted octanol–water partition coefficient (Wildman–Crippen LogP) is 1.34. The van der Waals surface area contributed by atoms with E-state index in [4.69, 9.17) is 4.42 Å². The second-order valence-corrected chi connectivity index (χ2v) is 3.67. The lowest BCUT2D eigenvalue weighted by Gasteiger charge is -2.03. The highest BCUT2D eigenvalue weighted by atomic mass is 16.4. The molecule has 2 aromatic heterocycles. The summed E-state index contributed by atoms with van der Waals surface area (Å²) in [4.78, 5) is 24.9. The third-order valence-corrected chi connectivity index (χ3v) is 2.58. The van der Waals surface area contributed by atoms with Crippen LogP contribution in [0.5, 0.6) is 5.75 Å². The average molecular weight is 229 g/mol. The first kappa shape index (κ1) is 9.65. The van der Waals surface area contributed by atoms with Crippen LogP contribution in [0, 0.1) is 0 Å². The van der Waals surface area contributed by atoms with E-state index in [1.165, 1.54) is 6.07 Å². The molecular formula is C12H7NO4. The molecule has 0 bridgehead atoms. The number of hydrogen-bond acceptors (Lipinski definition) is 4. The standard InChI is InChI=1S/C12H7NO4/c14-8-5-10(15)13-7-2-3-9-6(12(7)8)1-4-11(16)17-9/h1-5H,(H2,13,14,15). The van der Waals surface area contributed by atoms with Crippen molar-refractivity contribution in [2.24, 2.45) is 0 Å². The van der Waals surface area contributed by atoms with Crippen LogP contribution in [-0.4, -0.2) is 10.1 Å². The van der Waals surface area contributed by atoms with Crippen LogP contribution in [0.1, 0.15) is 0 Å². The monoisotopic (exact) mass is 229 g/mol. The molecule has 0 unspecified atom stereocenters. The van der Waals surface area contributed by atoms with Crippen molar-refractivity contribution >= 4 is 21.9 Å². The van der Waals surface area contributed by atoms with Gasteiger partial charge in [-0.3, -0.25) is 4.79 Å². The lowest BCUT2D eigenvalue weighted by atomic mass is 10.1. The second-order valence-electron chi connectivity index (χ2n) is 3.67. The summed E-state index contributed by atoms with van der Waals surface area (Å²) >= 11 is 0. The van der Waals surface area contributed by atoms with Crippen molar-refractivity contribution in [1.82, 2.24) is 4.98 Å². The van der Waals surface area contributed by atoms with Gasteiger partial charge in [-0.05, 0) is 18.2 Å². The van der Waals surface area contributed by atoms with E-state index in [0.717, 1.165) is 6.07 Å². The van der Waals surface area contributed by atoms with Crippen molar-refractivity contribution in [3.8, 4) is 5.75 Å². The molecule has 0 saturated carbocycles. The van der Waals surface area contributed by atoms with Crippen molar-refractivity contribution in [2.75, 3.05) is 0 Å². The number of benzene rings is 1. The van der Waals surface area contributed by atoms with Gasteiger partial charge in [-0.2, -0.15) is 0 Å². The fourth-order valence-electron chi connectivity index (χ4n) is 1.89. The van der Waals surface area contributed by atoms with E-state index in [2.05, 4.69) is 4.98 Å². The summed E-state index contributed by atoms with van der Waals surface area (Å²) < 4.78 is 5.00. The molecule has 2 N–H and O–H groups in total. The summed E-state index contributed by atoms with van der Waals surface area (Å²) in [7, 11) is 0. The van der Waals surface area contributed by atoms with Gasteiger partial charge in [0.05, 0.1) is 10.9 Å². The van der Waals surface area contributed by atoms with E-state index >= 15 is 0 Å². The molecule has 3 aromatic rings. The van der Waals surface area contributed by atoms with Crippen molar-refractivity contribution in [3.05, 3.63) is 51.1 Å². The Labute approximate surface area is 93.9 Å². The van der Waals surface area contributed by atoms with Crippen LogP contribution in [0.15, 0.2) is 44.3 Å². The van der Waals surface area contributed by atoms with Gasteiger partial charge in [0.1, 0.15) is 11.3 Å². The van der Waals surface area contributed by atoms with E-state index in [1.807, 2.05) is 0 Å². The highest BCUT2D eigenvalue weighted by Crippen LogP contribution is 2.28. The minimum absolute atomic E-state index is 0.136. The van der Waals surface area contributed by atoms with Gasteiger partial charge < -0.3 is 14.5 Å². The molecular weight excluding hydrogens is 222 g/mol. The minimum atomic E-state index is -0.458. The minimum Gasteiger partial charge on any atom is -0.507 e. The van der Waals surface area contributed by atoms with Crippen molar-refractivity contribution in [1.29, 1.82) is 0 Å². The molecule has 5 heteroatoms. The van der Waals surface area contributed by atoms with Crippen LogP contribution in [0.3, 0.4) is 0 Å². The topological polar surface area (TPSA) is 83.3 Å². The van der Waals surface area contributed by atoms with Gasteiger partial charge in [0.2, 0.25) is 0 Å². The molecule has 84 valence electrons. The van der Waals surface area contributed by atoms with Crippen LogP contribution in [0.4, 0.5) is 0 Å². The van der Waals surface area contributed by atoms with Gasteiger partial charge in [-0.25, -0.2) is 4.79 Å². The highest BCUT2D eigenvalue weighted by molar-refractivity contribution is 6.06. The number of aromatic hydroxyl groups is 1. The van der Waals surface area contributed by atoms with E-state index in [-0.39, 0.29) is 11.3 Å². The number of rotatable bonds is 0. The summed E-state index contributed by atoms with van der Waals surface area (Å²) in [5.41, 5.74) is 0.0243. The number of aromatic amines is 1. The van der Waals surface area contributed by atoms with Gasteiger partial charge in [-0.15, -0.1) is 0 Å². The zero-order valence-corrected chi connectivity index (χ0v) is 8.56. The van der Waals surface area contributed by atoms with Crippen molar-refractivity contribution in [2.45, 2.75) is 0 Å². The maximum Gasteiger partial charge on any atom is 0.336 e. The number of pyridine rings is 1. The molecule has 0 aliphatic rings. The number of H-pyrrole nitrogens is 1. The van der Waals surface area contributed by atoms with E-state index in [9.17, 15) is 14.7 Å². The summed E-state index contributed by atoms with van der Waals surface area (Å²) in [5.74, 6) is -0.136. The number of aromatic nitrogens is 1. The Morgan fingerprint density at radius 2 is 1.94 bits per heavy atom. The third kappa shape index (κ3) is 1.40. The van der Waals surface area contributed by atoms with Gasteiger partial charge in [0.25, 0.3) is 5.56 Å². The first-order chi connectivity index (χ1) is 8.15. The summed E-state index contributed by atoms with van der Waals surface area (Å²) in [6, 6.07) is 7.08. The predicted molar refractivity (Wildman–Crippen MR) is 62.3 cm³/mol. The fourth-order valence-corrected chi connectivity index (χ4v) is 1.89. The Morgan fingerprint density at radius 1 is 1.12 bits per heavy atom. The molecule has 0 aliphatic heterocycles. The Morgan fingerprint density at radius 3 is 2.76 bits per heavy atom. The third-order valence-electron chi connectivity index (χ3n) is 2.58. The maximum absolute atomic E-state index is 11.2. The first-order valence-corrected chi connectivity index (χ1v) is 4.94. The number of nitrogens with one attached hydrogen (secondary N) is 1. The molecule has 0 spiro atoms. The van der Waals surface area contributed by atoms with Crippen LogP contribution in [-0.2, 0) is 0 Å². The Kier molecular flexibility index (Phi) is 1.82. The lowest BCUT2D eigenvalue weighted by molar-refractivity contribution is 0.480. The first-order valence-electron chi connectivity index (χ1n) is 4.94. The molecule has 0 atom stereocenters. The summed E-state index contributed by atoms with van der Waals surface area (Å²) in [6.07, 6.45) is 0. The highest BCUT2D eigenvalue weighted by Gasteiger charge is 2.08. The number of fused-ring (bicyclic) bond motifs is 3. The van der Waals surface area contributed by atoms with Gasteiger partial charge in [-0.1, -0.05) is 0 Å².